The molecular weight excluding hydrogens is 261 g/mol. The van der Waals surface area contributed by atoms with E-state index in [0.717, 1.165) is 0 Å². The number of hydrogen-bond acceptors (Lipinski definition) is 3. The van der Waals surface area contributed by atoms with Gasteiger partial charge in [0.2, 0.25) is 0 Å². The molecule has 1 rings (SSSR count). The monoisotopic (exact) mass is 271 g/mol. The number of hydrogen-bond donors (Lipinski definition) is 1. The van der Waals surface area contributed by atoms with Gasteiger partial charge in [-0.3, -0.25) is 5.32 Å². The summed E-state index contributed by atoms with van der Waals surface area (Å²) in [6.45, 7) is 0.250. The van der Waals surface area contributed by atoms with Crippen LogP contribution in [-0.4, -0.2) is 19.6 Å². The number of carbonyl (C=O) groups excluding carboxylic acids is 1. The van der Waals surface area contributed by atoms with Gasteiger partial charge in [0.1, 0.15) is 6.04 Å². The van der Waals surface area contributed by atoms with Gasteiger partial charge in [-0.1, -0.05) is 35.2 Å². The van der Waals surface area contributed by atoms with Gasteiger partial charge >= 0.3 is 5.97 Å². The normalized spacial score (nSPS) is 11.6. The number of terminal acetylenes is 1. The molecule has 1 aromatic rings. The molecule has 5 heteroatoms. The molecule has 0 aromatic heterocycles. The molecule has 0 bridgehead atoms. The lowest BCUT2D eigenvalue weighted by Gasteiger charge is -2.15. The molecule has 17 heavy (non-hydrogen) atoms. The molecule has 90 valence electrons. The number of nitrogens with one attached hydrogen (secondary N) is 1. The summed E-state index contributed by atoms with van der Waals surface area (Å²) < 4.78 is 4.69. The van der Waals surface area contributed by atoms with Crippen LogP contribution in [0.15, 0.2) is 18.2 Å². The van der Waals surface area contributed by atoms with Gasteiger partial charge in [0, 0.05) is 0 Å². The van der Waals surface area contributed by atoms with Crippen molar-refractivity contribution in [3.63, 3.8) is 0 Å². The SMILES string of the molecule is C#CCNC(C(=O)OC)c1ccc(Cl)c(Cl)c1. The van der Waals surface area contributed by atoms with E-state index in [0.29, 0.717) is 15.6 Å². The van der Waals surface area contributed by atoms with Gasteiger partial charge in [0.05, 0.1) is 23.7 Å². The number of ether oxygens (including phenoxy) is 1. The average Bonchev–Trinajstić information content (AvgIpc) is 2.33. The van der Waals surface area contributed by atoms with Crippen LogP contribution in [0.2, 0.25) is 10.0 Å². The van der Waals surface area contributed by atoms with E-state index in [9.17, 15) is 4.79 Å². The summed E-state index contributed by atoms with van der Waals surface area (Å²) >= 11 is 11.7. The maximum absolute atomic E-state index is 11.6. The molecule has 0 heterocycles. The Morgan fingerprint density at radius 1 is 1.53 bits per heavy atom. The van der Waals surface area contributed by atoms with E-state index in [1.165, 1.54) is 7.11 Å². The van der Waals surface area contributed by atoms with E-state index < -0.39 is 12.0 Å². The van der Waals surface area contributed by atoms with Crippen LogP contribution in [0.25, 0.3) is 0 Å². The van der Waals surface area contributed by atoms with Crippen LogP contribution in [-0.2, 0) is 9.53 Å². The fraction of sp³-hybridized carbons (Fsp3) is 0.250. The van der Waals surface area contributed by atoms with Crippen LogP contribution >= 0.6 is 23.2 Å². The van der Waals surface area contributed by atoms with Crippen molar-refractivity contribution in [3.05, 3.63) is 33.8 Å². The highest BCUT2D eigenvalue weighted by atomic mass is 35.5. The number of methoxy groups -OCH3 is 1. The molecule has 1 unspecified atom stereocenters. The highest BCUT2D eigenvalue weighted by Crippen LogP contribution is 2.26. The van der Waals surface area contributed by atoms with E-state index in [-0.39, 0.29) is 6.54 Å². The molecule has 1 atom stereocenters. The van der Waals surface area contributed by atoms with Gasteiger partial charge in [-0.15, -0.1) is 6.42 Å². The molecule has 0 fully saturated rings. The largest absolute Gasteiger partial charge is 0.468 e. The highest BCUT2D eigenvalue weighted by molar-refractivity contribution is 6.42. The summed E-state index contributed by atoms with van der Waals surface area (Å²) in [5.74, 6) is 1.96. The van der Waals surface area contributed by atoms with E-state index in [1.54, 1.807) is 18.2 Å². The summed E-state index contributed by atoms with van der Waals surface area (Å²) in [6.07, 6.45) is 5.14. The van der Waals surface area contributed by atoms with Gasteiger partial charge in [0.25, 0.3) is 0 Å². The van der Waals surface area contributed by atoms with Crippen molar-refractivity contribution in [2.45, 2.75) is 6.04 Å². The Morgan fingerprint density at radius 2 is 2.24 bits per heavy atom. The van der Waals surface area contributed by atoms with Crippen molar-refractivity contribution < 1.29 is 9.53 Å². The van der Waals surface area contributed by atoms with Gasteiger partial charge in [-0.25, -0.2) is 4.79 Å². The number of halogens is 2. The third-order valence-electron chi connectivity index (χ3n) is 2.12. The zero-order valence-electron chi connectivity index (χ0n) is 9.17. The minimum absolute atomic E-state index is 0.250. The summed E-state index contributed by atoms with van der Waals surface area (Å²) in [4.78, 5) is 11.6. The summed E-state index contributed by atoms with van der Waals surface area (Å²) in [5, 5.41) is 3.67. The molecule has 0 spiro atoms. The summed E-state index contributed by atoms with van der Waals surface area (Å²) in [5.41, 5.74) is 0.654. The minimum atomic E-state index is -0.647. The molecule has 3 nitrogen and oxygen atoms in total. The molecule has 0 amide bonds. The number of benzene rings is 1. The predicted molar refractivity (Wildman–Crippen MR) is 68.1 cm³/mol. The lowest BCUT2D eigenvalue weighted by molar-refractivity contribution is -0.143. The Hall–Kier alpha value is -1.21. The molecule has 0 radical (unpaired) electrons. The first-order chi connectivity index (χ1) is 8.10. The first-order valence-electron chi connectivity index (χ1n) is 4.79. The number of carbonyl (C=O) groups is 1. The van der Waals surface area contributed by atoms with Gasteiger partial charge in [0.15, 0.2) is 0 Å². The quantitative estimate of drug-likeness (QED) is 0.675. The molecule has 1 aromatic carbocycles. The highest BCUT2D eigenvalue weighted by Gasteiger charge is 2.20. The van der Waals surface area contributed by atoms with Crippen molar-refractivity contribution in [1.29, 1.82) is 0 Å². The second-order valence-corrected chi connectivity index (χ2v) is 4.03. The lowest BCUT2D eigenvalue weighted by Crippen LogP contribution is -2.29. The average molecular weight is 272 g/mol. The van der Waals surface area contributed by atoms with Crippen molar-refractivity contribution in [3.8, 4) is 12.3 Å². The zero-order valence-corrected chi connectivity index (χ0v) is 10.7. The predicted octanol–water partition coefficient (Wildman–Crippen LogP) is 2.43. The Kier molecular flexibility index (Phi) is 5.30. The number of rotatable bonds is 4. The Morgan fingerprint density at radius 3 is 2.76 bits per heavy atom. The van der Waals surface area contributed by atoms with Crippen LogP contribution in [0.5, 0.6) is 0 Å². The van der Waals surface area contributed by atoms with Crippen LogP contribution in [0.3, 0.4) is 0 Å². The van der Waals surface area contributed by atoms with E-state index in [1.807, 2.05) is 0 Å². The first kappa shape index (κ1) is 13.9. The van der Waals surface area contributed by atoms with Crippen LogP contribution in [0.1, 0.15) is 11.6 Å². The molecule has 0 aliphatic rings. The lowest BCUT2D eigenvalue weighted by atomic mass is 10.1. The second-order valence-electron chi connectivity index (χ2n) is 3.21. The van der Waals surface area contributed by atoms with Gasteiger partial charge in [-0.2, -0.15) is 0 Å². The van der Waals surface area contributed by atoms with Crippen molar-refractivity contribution in [1.82, 2.24) is 5.32 Å². The van der Waals surface area contributed by atoms with Crippen LogP contribution < -0.4 is 5.32 Å². The zero-order chi connectivity index (χ0) is 12.8. The third kappa shape index (κ3) is 3.64. The second kappa shape index (κ2) is 6.51. The van der Waals surface area contributed by atoms with Crippen LogP contribution in [0.4, 0.5) is 0 Å². The van der Waals surface area contributed by atoms with Crippen molar-refractivity contribution in [2.24, 2.45) is 0 Å². The smallest absolute Gasteiger partial charge is 0.327 e. The fourth-order valence-electron chi connectivity index (χ4n) is 1.31. The Balaban J connectivity index is 3.00. The molecule has 0 saturated heterocycles. The maximum Gasteiger partial charge on any atom is 0.327 e. The molecular formula is C12H11Cl2NO2. The molecule has 0 aliphatic carbocycles. The maximum atomic E-state index is 11.6. The minimum Gasteiger partial charge on any atom is -0.468 e. The standard InChI is InChI=1S/C12H11Cl2NO2/c1-3-6-15-11(12(16)17-2)8-4-5-9(13)10(14)7-8/h1,4-5,7,11,15H,6H2,2H3. The molecule has 1 N–H and O–H groups in total. The molecule has 0 saturated carbocycles. The first-order valence-corrected chi connectivity index (χ1v) is 5.55. The Bertz CT molecular complexity index is 454. The van der Waals surface area contributed by atoms with E-state index in [2.05, 4.69) is 16.0 Å². The molecule has 0 aliphatic heterocycles. The van der Waals surface area contributed by atoms with E-state index in [4.69, 9.17) is 29.6 Å². The number of esters is 1. The topological polar surface area (TPSA) is 38.3 Å². The van der Waals surface area contributed by atoms with E-state index >= 15 is 0 Å². The van der Waals surface area contributed by atoms with Crippen LogP contribution in [0, 0.1) is 12.3 Å². The van der Waals surface area contributed by atoms with Crippen molar-refractivity contribution in [2.75, 3.05) is 13.7 Å². The van der Waals surface area contributed by atoms with Gasteiger partial charge < -0.3 is 4.74 Å². The van der Waals surface area contributed by atoms with Gasteiger partial charge in [-0.05, 0) is 17.7 Å². The third-order valence-corrected chi connectivity index (χ3v) is 2.86. The fourth-order valence-corrected chi connectivity index (χ4v) is 1.61. The summed E-state index contributed by atoms with van der Waals surface area (Å²) in [7, 11) is 1.31. The van der Waals surface area contributed by atoms with Crippen molar-refractivity contribution >= 4 is 29.2 Å². The summed E-state index contributed by atoms with van der Waals surface area (Å²) in [6, 6.07) is 4.27. The Labute approximate surface area is 110 Å².